The third-order valence-corrected chi connectivity index (χ3v) is 5.43. The van der Waals surface area contributed by atoms with Gasteiger partial charge in [0, 0.05) is 35.8 Å². The number of nitrogens with two attached hydrogens (primary N) is 1. The molecular weight excluding hydrogens is 366 g/mol. The van der Waals surface area contributed by atoms with Crippen molar-refractivity contribution in [3.8, 4) is 17.0 Å². The number of anilines is 1. The molecule has 29 heavy (non-hydrogen) atoms. The van der Waals surface area contributed by atoms with Crippen molar-refractivity contribution < 1.29 is 4.74 Å². The molecule has 1 saturated carbocycles. The van der Waals surface area contributed by atoms with Crippen LogP contribution in [0, 0.1) is 12.8 Å². The van der Waals surface area contributed by atoms with Gasteiger partial charge < -0.3 is 10.5 Å². The summed E-state index contributed by atoms with van der Waals surface area (Å²) in [5.41, 5.74) is 7.97. The van der Waals surface area contributed by atoms with Crippen molar-refractivity contribution in [1.82, 2.24) is 19.5 Å². The number of hydrogen-bond donors (Lipinski definition) is 1. The largest absolute Gasteiger partial charge is 0.481 e. The van der Waals surface area contributed by atoms with Gasteiger partial charge in [0.25, 0.3) is 5.56 Å². The topological polar surface area (TPSA) is 95.9 Å². The molecular formula is C22H29N5O2. The summed E-state index contributed by atoms with van der Waals surface area (Å²) in [6.45, 7) is 4.19. The van der Waals surface area contributed by atoms with E-state index in [0.717, 1.165) is 17.0 Å². The minimum absolute atomic E-state index is 0.152. The third kappa shape index (κ3) is 4.72. The molecule has 0 aliphatic heterocycles. The van der Waals surface area contributed by atoms with Crippen LogP contribution < -0.4 is 16.0 Å². The number of nitrogens with zero attached hydrogens (tertiary/aromatic N) is 4. The molecule has 7 heteroatoms. The highest BCUT2D eigenvalue weighted by atomic mass is 16.5. The molecule has 0 bridgehead atoms. The molecule has 7 nitrogen and oxygen atoms in total. The van der Waals surface area contributed by atoms with Gasteiger partial charge in [-0.2, -0.15) is 4.98 Å². The Balaban J connectivity index is 0.000000290. The fourth-order valence-electron chi connectivity index (χ4n) is 3.67. The van der Waals surface area contributed by atoms with E-state index >= 15 is 0 Å². The Kier molecular flexibility index (Phi) is 6.46. The molecule has 4 rings (SSSR count). The SMILES string of the molecule is CC1CCCCC1.COc1ccc(-c2cc3c(C)nc(N)nc3n(C)c2=O)cn1. The van der Waals surface area contributed by atoms with Crippen LogP contribution in [0.4, 0.5) is 5.95 Å². The monoisotopic (exact) mass is 395 g/mol. The van der Waals surface area contributed by atoms with E-state index in [1.807, 2.05) is 6.92 Å². The maximum Gasteiger partial charge on any atom is 0.259 e. The Labute approximate surface area is 171 Å². The minimum Gasteiger partial charge on any atom is -0.481 e. The highest BCUT2D eigenvalue weighted by molar-refractivity contribution is 5.83. The Morgan fingerprint density at radius 3 is 2.45 bits per heavy atom. The van der Waals surface area contributed by atoms with Crippen molar-refractivity contribution in [3.63, 3.8) is 0 Å². The van der Waals surface area contributed by atoms with Gasteiger partial charge in [-0.3, -0.25) is 9.36 Å². The maximum absolute atomic E-state index is 12.6. The lowest BCUT2D eigenvalue weighted by Gasteiger charge is -2.15. The van der Waals surface area contributed by atoms with Crippen LogP contribution in [0.25, 0.3) is 22.2 Å². The van der Waals surface area contributed by atoms with Crippen LogP contribution in [0.5, 0.6) is 5.88 Å². The number of ether oxygens (including phenoxy) is 1. The van der Waals surface area contributed by atoms with Crippen molar-refractivity contribution in [2.75, 3.05) is 12.8 Å². The molecule has 1 aliphatic rings. The number of fused-ring (bicyclic) bond motifs is 1. The second-order valence-corrected chi connectivity index (χ2v) is 7.66. The minimum atomic E-state index is -0.169. The van der Waals surface area contributed by atoms with Gasteiger partial charge in [-0.25, -0.2) is 9.97 Å². The fourth-order valence-corrected chi connectivity index (χ4v) is 3.67. The van der Waals surface area contributed by atoms with Gasteiger partial charge in [-0.15, -0.1) is 0 Å². The van der Waals surface area contributed by atoms with Crippen molar-refractivity contribution in [2.45, 2.75) is 46.0 Å². The summed E-state index contributed by atoms with van der Waals surface area (Å²) >= 11 is 0. The third-order valence-electron chi connectivity index (χ3n) is 5.43. The molecule has 0 unspecified atom stereocenters. The van der Waals surface area contributed by atoms with E-state index in [-0.39, 0.29) is 11.5 Å². The van der Waals surface area contributed by atoms with Crippen LogP contribution in [0.2, 0.25) is 0 Å². The molecule has 3 aromatic heterocycles. The highest BCUT2D eigenvalue weighted by Gasteiger charge is 2.13. The lowest BCUT2D eigenvalue weighted by atomic mass is 9.91. The van der Waals surface area contributed by atoms with Crippen LogP contribution in [-0.4, -0.2) is 26.6 Å². The smallest absolute Gasteiger partial charge is 0.259 e. The first kappa shape index (κ1) is 20.8. The van der Waals surface area contributed by atoms with Gasteiger partial charge in [0.2, 0.25) is 11.8 Å². The Morgan fingerprint density at radius 1 is 1.17 bits per heavy atom. The highest BCUT2D eigenvalue weighted by Crippen LogP contribution is 2.23. The van der Waals surface area contributed by atoms with Crippen LogP contribution in [0.15, 0.2) is 29.2 Å². The maximum atomic E-state index is 12.6. The molecule has 3 heterocycles. The second kappa shape index (κ2) is 9.03. The zero-order chi connectivity index (χ0) is 21.0. The van der Waals surface area contributed by atoms with Crippen LogP contribution in [-0.2, 0) is 7.05 Å². The first-order chi connectivity index (χ1) is 13.9. The van der Waals surface area contributed by atoms with Gasteiger partial charge >= 0.3 is 0 Å². The number of nitrogen functional groups attached to an aromatic ring is 1. The summed E-state index contributed by atoms with van der Waals surface area (Å²) in [5.74, 6) is 1.68. The van der Waals surface area contributed by atoms with E-state index < -0.39 is 0 Å². The first-order valence-electron chi connectivity index (χ1n) is 10.0. The van der Waals surface area contributed by atoms with Gasteiger partial charge in [-0.1, -0.05) is 39.0 Å². The molecule has 1 aliphatic carbocycles. The molecule has 0 spiro atoms. The van der Waals surface area contributed by atoms with E-state index in [1.165, 1.54) is 36.7 Å². The molecule has 1 fully saturated rings. The Bertz CT molecular complexity index is 1040. The Hall–Kier alpha value is -2.96. The number of aromatic nitrogens is 4. The molecule has 0 aromatic carbocycles. The molecule has 154 valence electrons. The van der Waals surface area contributed by atoms with E-state index in [9.17, 15) is 4.79 Å². The van der Waals surface area contributed by atoms with E-state index in [2.05, 4.69) is 21.9 Å². The average molecular weight is 396 g/mol. The van der Waals surface area contributed by atoms with Crippen LogP contribution in [0.3, 0.4) is 0 Å². The van der Waals surface area contributed by atoms with Crippen molar-refractivity contribution in [1.29, 1.82) is 0 Å². The molecule has 0 saturated heterocycles. The standard InChI is InChI=1S/C15H15N5O2.C7H14/c1-8-10-6-11(9-4-5-12(22-3)17-7-9)14(21)20(2)13(10)19-15(16)18-8;1-7-5-3-2-4-6-7/h4-7H,1-3H3,(H2,16,18,19);7H,2-6H2,1H3. The number of rotatable bonds is 2. The lowest BCUT2D eigenvalue weighted by molar-refractivity contribution is 0.385. The summed E-state index contributed by atoms with van der Waals surface area (Å²) in [6.07, 6.45) is 9.04. The molecule has 0 atom stereocenters. The summed E-state index contributed by atoms with van der Waals surface area (Å²) in [4.78, 5) is 25.0. The summed E-state index contributed by atoms with van der Waals surface area (Å²) < 4.78 is 6.51. The van der Waals surface area contributed by atoms with Crippen molar-refractivity contribution in [2.24, 2.45) is 13.0 Å². The number of hydrogen-bond acceptors (Lipinski definition) is 6. The lowest BCUT2D eigenvalue weighted by Crippen LogP contribution is -2.20. The zero-order valence-electron chi connectivity index (χ0n) is 17.6. The summed E-state index contributed by atoms with van der Waals surface area (Å²) in [7, 11) is 3.21. The Morgan fingerprint density at radius 2 is 1.90 bits per heavy atom. The molecule has 2 N–H and O–H groups in total. The molecule has 0 radical (unpaired) electrons. The number of pyridine rings is 2. The van der Waals surface area contributed by atoms with Gasteiger partial charge in [0.05, 0.1) is 12.8 Å². The van der Waals surface area contributed by atoms with Crippen LogP contribution >= 0.6 is 0 Å². The average Bonchev–Trinajstić information content (AvgIpc) is 2.72. The van der Waals surface area contributed by atoms with Gasteiger partial charge in [0.15, 0.2) is 0 Å². The van der Waals surface area contributed by atoms with Crippen molar-refractivity contribution in [3.05, 3.63) is 40.4 Å². The molecule has 0 amide bonds. The second-order valence-electron chi connectivity index (χ2n) is 7.66. The van der Waals surface area contributed by atoms with E-state index in [1.54, 1.807) is 38.6 Å². The van der Waals surface area contributed by atoms with Crippen molar-refractivity contribution >= 4 is 17.0 Å². The quantitative estimate of drug-likeness (QED) is 0.707. The summed E-state index contributed by atoms with van der Waals surface area (Å²) in [6, 6.07) is 5.28. The fraction of sp³-hybridized carbons (Fsp3) is 0.455. The number of methoxy groups -OCH3 is 1. The number of aryl methyl sites for hydroxylation is 2. The van der Waals surface area contributed by atoms with E-state index in [0.29, 0.717) is 22.7 Å². The van der Waals surface area contributed by atoms with Crippen LogP contribution in [0.1, 0.15) is 44.7 Å². The first-order valence-corrected chi connectivity index (χ1v) is 10.0. The summed E-state index contributed by atoms with van der Waals surface area (Å²) in [5, 5.41) is 0.780. The predicted molar refractivity (Wildman–Crippen MR) is 116 cm³/mol. The van der Waals surface area contributed by atoms with Gasteiger partial charge in [0.1, 0.15) is 5.65 Å². The van der Waals surface area contributed by atoms with E-state index in [4.69, 9.17) is 10.5 Å². The van der Waals surface area contributed by atoms with Gasteiger partial charge in [-0.05, 0) is 25.0 Å². The predicted octanol–water partition coefficient (Wildman–Crippen LogP) is 3.88. The normalized spacial score (nSPS) is 14.3. The zero-order valence-corrected chi connectivity index (χ0v) is 17.6. The molecule has 3 aromatic rings.